The number of thioether (sulfide) groups is 1. The molecule has 3 aromatic rings. The van der Waals surface area contributed by atoms with Crippen molar-refractivity contribution < 1.29 is 14.6 Å². The number of aryl methyl sites for hydroxylation is 1. The van der Waals surface area contributed by atoms with Gasteiger partial charge in [-0.25, -0.2) is 0 Å². The van der Waals surface area contributed by atoms with E-state index in [0.717, 1.165) is 17.0 Å². The lowest BCUT2D eigenvalue weighted by Crippen LogP contribution is -2.21. The van der Waals surface area contributed by atoms with Crippen LogP contribution in [0.5, 0.6) is 5.75 Å². The first-order valence-electron chi connectivity index (χ1n) is 9.65. The molecule has 0 spiro atoms. The Kier molecular flexibility index (Phi) is 7.69. The first-order valence-corrected chi connectivity index (χ1v) is 10.6. The van der Waals surface area contributed by atoms with E-state index in [0.29, 0.717) is 29.9 Å². The normalized spacial score (nSPS) is 12.3. The summed E-state index contributed by atoms with van der Waals surface area (Å²) in [5.41, 5.74) is 2.03. The van der Waals surface area contributed by atoms with Gasteiger partial charge in [-0.1, -0.05) is 48.2 Å². The molecule has 6 nitrogen and oxygen atoms in total. The molecule has 0 bridgehead atoms. The van der Waals surface area contributed by atoms with Crippen LogP contribution < -0.4 is 4.74 Å². The molecular weight excluding hydrogens is 386 g/mol. The molecule has 0 radical (unpaired) electrons. The van der Waals surface area contributed by atoms with Crippen molar-refractivity contribution in [1.82, 2.24) is 14.8 Å². The second-order valence-electron chi connectivity index (χ2n) is 6.97. The number of nitrogens with zero attached hydrogens (tertiary/aromatic N) is 3. The Morgan fingerprint density at radius 1 is 1.03 bits per heavy atom. The van der Waals surface area contributed by atoms with Crippen molar-refractivity contribution in [3.8, 4) is 11.4 Å². The molecule has 154 valence electrons. The van der Waals surface area contributed by atoms with E-state index in [1.807, 2.05) is 79.9 Å². The third-order valence-corrected chi connectivity index (χ3v) is 5.27. The summed E-state index contributed by atoms with van der Waals surface area (Å²) in [7, 11) is 0. The van der Waals surface area contributed by atoms with E-state index < -0.39 is 6.10 Å². The van der Waals surface area contributed by atoms with Gasteiger partial charge >= 0.3 is 0 Å². The van der Waals surface area contributed by atoms with Gasteiger partial charge in [-0.3, -0.25) is 4.57 Å². The highest BCUT2D eigenvalue weighted by molar-refractivity contribution is 7.99. The molecule has 2 aromatic carbocycles. The summed E-state index contributed by atoms with van der Waals surface area (Å²) in [6.07, 6.45) is -0.484. The predicted octanol–water partition coefficient (Wildman–Crippen LogP) is 4.03. The van der Waals surface area contributed by atoms with Gasteiger partial charge < -0.3 is 14.6 Å². The van der Waals surface area contributed by atoms with Crippen LogP contribution in [0.15, 0.2) is 59.8 Å². The minimum absolute atomic E-state index is 0.0906. The molecule has 0 aliphatic rings. The SMILES string of the molecule is Cc1ccccc1OCc1nnc(SCC(O)COC(C)C)n1-c1ccccc1. The lowest BCUT2D eigenvalue weighted by molar-refractivity contribution is 0.0152. The van der Waals surface area contributed by atoms with E-state index in [4.69, 9.17) is 9.47 Å². The maximum atomic E-state index is 10.2. The predicted molar refractivity (Wildman–Crippen MR) is 115 cm³/mol. The molecule has 1 aromatic heterocycles. The van der Waals surface area contributed by atoms with Crippen LogP contribution in [0, 0.1) is 6.92 Å². The van der Waals surface area contributed by atoms with Crippen molar-refractivity contribution in [2.45, 2.75) is 44.7 Å². The van der Waals surface area contributed by atoms with Crippen LogP contribution >= 0.6 is 11.8 Å². The molecule has 3 rings (SSSR count). The Morgan fingerprint density at radius 2 is 1.76 bits per heavy atom. The van der Waals surface area contributed by atoms with Gasteiger partial charge in [-0.2, -0.15) is 0 Å². The first-order chi connectivity index (χ1) is 14.0. The molecule has 1 unspecified atom stereocenters. The third kappa shape index (κ3) is 6.06. The fourth-order valence-corrected chi connectivity index (χ4v) is 3.58. The Bertz CT molecular complexity index is 899. The quantitative estimate of drug-likeness (QED) is 0.506. The van der Waals surface area contributed by atoms with Crippen LogP contribution in [0.3, 0.4) is 0 Å². The first kappa shape index (κ1) is 21.4. The van der Waals surface area contributed by atoms with E-state index in [-0.39, 0.29) is 6.10 Å². The van der Waals surface area contributed by atoms with Crippen LogP contribution in [-0.2, 0) is 11.3 Å². The summed E-state index contributed by atoms with van der Waals surface area (Å²) < 4.78 is 13.4. The van der Waals surface area contributed by atoms with Crippen LogP contribution in [0.4, 0.5) is 0 Å². The second-order valence-corrected chi connectivity index (χ2v) is 7.96. The van der Waals surface area contributed by atoms with E-state index in [1.165, 1.54) is 11.8 Å². The average Bonchev–Trinajstić information content (AvgIpc) is 3.13. The molecule has 0 fully saturated rings. The number of aliphatic hydroxyl groups excluding tert-OH is 1. The van der Waals surface area contributed by atoms with Crippen molar-refractivity contribution in [1.29, 1.82) is 0 Å². The Hall–Kier alpha value is -2.35. The number of hydrogen-bond acceptors (Lipinski definition) is 6. The molecular formula is C22H27N3O3S. The Labute approximate surface area is 175 Å². The van der Waals surface area contributed by atoms with Crippen molar-refractivity contribution in [3.05, 3.63) is 66.0 Å². The molecule has 1 atom stereocenters. The molecule has 29 heavy (non-hydrogen) atoms. The summed E-state index contributed by atoms with van der Waals surface area (Å²) in [6.45, 7) is 6.51. The van der Waals surface area contributed by atoms with Crippen molar-refractivity contribution in [2.24, 2.45) is 0 Å². The standard InChI is InChI=1S/C22H27N3O3S/c1-16(2)27-13-19(26)15-29-22-24-23-21(25(22)18-10-5-4-6-11-18)14-28-20-12-8-7-9-17(20)3/h4-12,16,19,26H,13-15H2,1-3H3. The lowest BCUT2D eigenvalue weighted by atomic mass is 10.2. The molecule has 0 saturated carbocycles. The Morgan fingerprint density at radius 3 is 2.48 bits per heavy atom. The zero-order chi connectivity index (χ0) is 20.6. The van der Waals surface area contributed by atoms with Gasteiger partial charge in [-0.15, -0.1) is 10.2 Å². The fourth-order valence-electron chi connectivity index (χ4n) is 2.71. The summed E-state index contributed by atoms with van der Waals surface area (Å²) in [5.74, 6) is 2.00. The monoisotopic (exact) mass is 413 g/mol. The highest BCUT2D eigenvalue weighted by Gasteiger charge is 2.17. The fraction of sp³-hybridized carbons (Fsp3) is 0.364. The number of benzene rings is 2. The van der Waals surface area contributed by atoms with Gasteiger partial charge in [0.25, 0.3) is 0 Å². The van der Waals surface area contributed by atoms with Crippen LogP contribution in [0.25, 0.3) is 5.69 Å². The smallest absolute Gasteiger partial charge is 0.196 e. The number of ether oxygens (including phenoxy) is 2. The summed E-state index contributed by atoms with van der Waals surface area (Å²) in [4.78, 5) is 0. The number of hydrogen-bond donors (Lipinski definition) is 1. The van der Waals surface area contributed by atoms with Gasteiger partial charge in [0.2, 0.25) is 0 Å². The van der Waals surface area contributed by atoms with E-state index >= 15 is 0 Å². The summed E-state index contributed by atoms with van der Waals surface area (Å²) in [6, 6.07) is 17.8. The van der Waals surface area contributed by atoms with Gasteiger partial charge in [0.05, 0.1) is 18.8 Å². The van der Waals surface area contributed by atoms with E-state index in [2.05, 4.69) is 10.2 Å². The minimum atomic E-state index is -0.574. The van der Waals surface area contributed by atoms with Gasteiger partial charge in [0.1, 0.15) is 12.4 Å². The number of para-hydroxylation sites is 2. The third-order valence-electron chi connectivity index (χ3n) is 4.19. The molecule has 1 heterocycles. The van der Waals surface area contributed by atoms with Crippen molar-refractivity contribution in [2.75, 3.05) is 12.4 Å². The number of aliphatic hydroxyl groups is 1. The van der Waals surface area contributed by atoms with Crippen LogP contribution in [0.1, 0.15) is 25.2 Å². The molecule has 1 N–H and O–H groups in total. The maximum absolute atomic E-state index is 10.2. The zero-order valence-electron chi connectivity index (χ0n) is 17.0. The van der Waals surface area contributed by atoms with Gasteiger partial charge in [-0.05, 0) is 44.5 Å². The number of rotatable bonds is 10. The van der Waals surface area contributed by atoms with Gasteiger partial charge in [0.15, 0.2) is 11.0 Å². The molecule has 7 heteroatoms. The van der Waals surface area contributed by atoms with E-state index in [1.54, 1.807) is 0 Å². The lowest BCUT2D eigenvalue weighted by Gasteiger charge is -2.14. The molecule has 0 amide bonds. The van der Waals surface area contributed by atoms with Crippen molar-refractivity contribution in [3.63, 3.8) is 0 Å². The maximum Gasteiger partial charge on any atom is 0.196 e. The van der Waals surface area contributed by atoms with Crippen LogP contribution in [-0.4, -0.2) is 44.4 Å². The van der Waals surface area contributed by atoms with Crippen molar-refractivity contribution >= 4 is 11.8 Å². The number of aromatic nitrogens is 3. The molecule has 0 aliphatic carbocycles. The summed E-state index contributed by atoms with van der Waals surface area (Å²) >= 11 is 1.45. The topological polar surface area (TPSA) is 69.4 Å². The highest BCUT2D eigenvalue weighted by Crippen LogP contribution is 2.24. The molecule has 0 aliphatic heterocycles. The summed E-state index contributed by atoms with van der Waals surface area (Å²) in [5, 5.41) is 19.6. The Balaban J connectivity index is 1.76. The second kappa shape index (κ2) is 10.4. The van der Waals surface area contributed by atoms with Gasteiger partial charge in [0, 0.05) is 11.4 Å². The molecule has 0 saturated heterocycles. The average molecular weight is 414 g/mol. The highest BCUT2D eigenvalue weighted by atomic mass is 32.2. The largest absolute Gasteiger partial charge is 0.485 e. The van der Waals surface area contributed by atoms with Crippen LogP contribution in [0.2, 0.25) is 0 Å². The minimum Gasteiger partial charge on any atom is -0.485 e. The zero-order valence-corrected chi connectivity index (χ0v) is 17.8. The van der Waals surface area contributed by atoms with E-state index in [9.17, 15) is 5.11 Å².